The van der Waals surface area contributed by atoms with Gasteiger partial charge in [-0.1, -0.05) is 18.6 Å². The van der Waals surface area contributed by atoms with E-state index in [1.165, 1.54) is 20.8 Å². The lowest BCUT2D eigenvalue weighted by Crippen LogP contribution is -2.33. The van der Waals surface area contributed by atoms with Gasteiger partial charge in [0.05, 0.1) is 5.41 Å². The molecule has 0 radical (unpaired) electrons. The van der Waals surface area contributed by atoms with Gasteiger partial charge in [0.15, 0.2) is 0 Å². The minimum Gasteiger partial charge on any atom is -0.170 e. The summed E-state index contributed by atoms with van der Waals surface area (Å²) in [6, 6.07) is 0. The lowest BCUT2D eigenvalue weighted by Gasteiger charge is -2.28. The highest BCUT2D eigenvalue weighted by Crippen LogP contribution is 2.43. The second kappa shape index (κ2) is 3.50. The van der Waals surface area contributed by atoms with Crippen molar-refractivity contribution in [2.24, 2.45) is 5.41 Å². The van der Waals surface area contributed by atoms with E-state index in [1.54, 1.807) is 6.08 Å². The lowest BCUT2D eigenvalue weighted by molar-refractivity contribution is -0.197. The number of alkyl halides is 3. The highest BCUT2D eigenvalue weighted by atomic mass is 19.4. The fraction of sp³-hybridized carbons (Fsp3) is 0.778. The topological polar surface area (TPSA) is 0 Å². The molecule has 0 saturated carbocycles. The molecule has 0 heterocycles. The SMILES string of the molecule is CC/C=C(/C)C(C)(C)C(F)(F)F. The molecule has 0 aliphatic heterocycles. The Balaban J connectivity index is 4.73. The molecule has 0 saturated heterocycles. The van der Waals surface area contributed by atoms with E-state index in [1.807, 2.05) is 6.92 Å². The second-order valence-corrected chi connectivity index (χ2v) is 3.42. The molecule has 12 heavy (non-hydrogen) atoms. The molecule has 0 aromatic rings. The average molecular weight is 180 g/mol. The summed E-state index contributed by atoms with van der Waals surface area (Å²) in [4.78, 5) is 0. The van der Waals surface area contributed by atoms with E-state index in [-0.39, 0.29) is 0 Å². The molecule has 0 fully saturated rings. The third kappa shape index (κ3) is 2.26. The van der Waals surface area contributed by atoms with Crippen molar-refractivity contribution in [3.63, 3.8) is 0 Å². The summed E-state index contributed by atoms with van der Waals surface area (Å²) < 4.78 is 37.1. The van der Waals surface area contributed by atoms with Gasteiger partial charge in [-0.2, -0.15) is 13.2 Å². The third-order valence-corrected chi connectivity index (χ3v) is 2.20. The molecule has 0 aliphatic carbocycles. The van der Waals surface area contributed by atoms with Gasteiger partial charge in [0.25, 0.3) is 0 Å². The van der Waals surface area contributed by atoms with Crippen LogP contribution in [-0.2, 0) is 0 Å². The quantitative estimate of drug-likeness (QED) is 0.565. The lowest BCUT2D eigenvalue weighted by atomic mass is 9.84. The minimum atomic E-state index is -4.15. The van der Waals surface area contributed by atoms with E-state index < -0.39 is 11.6 Å². The summed E-state index contributed by atoms with van der Waals surface area (Å²) in [5.74, 6) is 0. The molecular formula is C9H15F3. The second-order valence-electron chi connectivity index (χ2n) is 3.42. The Morgan fingerprint density at radius 2 is 1.67 bits per heavy atom. The minimum absolute atomic E-state index is 0.387. The van der Waals surface area contributed by atoms with Crippen molar-refractivity contribution in [1.29, 1.82) is 0 Å². The molecule has 3 heteroatoms. The zero-order valence-corrected chi connectivity index (χ0v) is 7.92. The normalized spacial score (nSPS) is 15.1. The molecule has 0 aromatic carbocycles. The van der Waals surface area contributed by atoms with Gasteiger partial charge in [-0.3, -0.25) is 0 Å². The molecule has 0 unspecified atom stereocenters. The Hall–Kier alpha value is -0.470. The van der Waals surface area contributed by atoms with E-state index in [0.717, 1.165) is 0 Å². The van der Waals surface area contributed by atoms with Crippen LogP contribution in [-0.4, -0.2) is 6.18 Å². The van der Waals surface area contributed by atoms with E-state index >= 15 is 0 Å². The maximum atomic E-state index is 12.4. The molecule has 0 rings (SSSR count). The molecule has 0 aliphatic rings. The van der Waals surface area contributed by atoms with Gasteiger partial charge < -0.3 is 0 Å². The van der Waals surface area contributed by atoms with Crippen LogP contribution >= 0.6 is 0 Å². The first-order valence-electron chi connectivity index (χ1n) is 3.97. The van der Waals surface area contributed by atoms with Crippen LogP contribution in [0.5, 0.6) is 0 Å². The maximum absolute atomic E-state index is 12.4. The molecule has 0 amide bonds. The van der Waals surface area contributed by atoms with Crippen LogP contribution in [0.3, 0.4) is 0 Å². The van der Waals surface area contributed by atoms with Gasteiger partial charge in [0.1, 0.15) is 0 Å². The standard InChI is InChI=1S/C9H15F3/c1-5-6-7(2)8(3,4)9(10,11)12/h6H,5H2,1-4H3/b7-6-. The van der Waals surface area contributed by atoms with Crippen LogP contribution < -0.4 is 0 Å². The Labute approximate surface area is 71.5 Å². The van der Waals surface area contributed by atoms with Gasteiger partial charge in [0.2, 0.25) is 0 Å². The fourth-order valence-electron chi connectivity index (χ4n) is 0.785. The number of allylic oxidation sites excluding steroid dienone is 2. The van der Waals surface area contributed by atoms with Gasteiger partial charge in [-0.05, 0) is 27.2 Å². The van der Waals surface area contributed by atoms with Crippen LogP contribution in [0.25, 0.3) is 0 Å². The van der Waals surface area contributed by atoms with Crippen LogP contribution in [0.4, 0.5) is 13.2 Å². The Morgan fingerprint density at radius 3 is 1.92 bits per heavy atom. The van der Waals surface area contributed by atoms with Gasteiger partial charge in [0, 0.05) is 0 Å². The van der Waals surface area contributed by atoms with Gasteiger partial charge >= 0.3 is 6.18 Å². The molecule has 0 aromatic heterocycles. The third-order valence-electron chi connectivity index (χ3n) is 2.20. The molecule has 0 atom stereocenters. The average Bonchev–Trinajstić information content (AvgIpc) is 1.85. The highest BCUT2D eigenvalue weighted by Gasteiger charge is 2.47. The number of halogens is 3. The predicted octanol–water partition coefficient (Wildman–Crippen LogP) is 3.93. The predicted molar refractivity (Wildman–Crippen MR) is 43.9 cm³/mol. The summed E-state index contributed by atoms with van der Waals surface area (Å²) in [6.45, 7) is 5.76. The first-order valence-corrected chi connectivity index (χ1v) is 3.97. The van der Waals surface area contributed by atoms with Crippen molar-refractivity contribution in [1.82, 2.24) is 0 Å². The van der Waals surface area contributed by atoms with E-state index in [4.69, 9.17) is 0 Å². The van der Waals surface area contributed by atoms with Crippen LogP contribution in [0.2, 0.25) is 0 Å². The molecule has 0 bridgehead atoms. The Bertz CT molecular complexity index is 175. The number of rotatable bonds is 2. The molecule has 0 spiro atoms. The van der Waals surface area contributed by atoms with E-state index in [9.17, 15) is 13.2 Å². The maximum Gasteiger partial charge on any atom is 0.397 e. The highest BCUT2D eigenvalue weighted by molar-refractivity contribution is 5.11. The Kier molecular flexibility index (Phi) is 3.36. The monoisotopic (exact) mass is 180 g/mol. The largest absolute Gasteiger partial charge is 0.397 e. The fourth-order valence-corrected chi connectivity index (χ4v) is 0.785. The summed E-state index contributed by atoms with van der Waals surface area (Å²) >= 11 is 0. The van der Waals surface area contributed by atoms with Crippen molar-refractivity contribution >= 4 is 0 Å². The van der Waals surface area contributed by atoms with Crippen molar-refractivity contribution in [2.45, 2.75) is 40.3 Å². The molecule has 72 valence electrons. The smallest absolute Gasteiger partial charge is 0.170 e. The van der Waals surface area contributed by atoms with Crippen LogP contribution in [0, 0.1) is 5.41 Å². The van der Waals surface area contributed by atoms with Crippen LogP contribution in [0.1, 0.15) is 34.1 Å². The first-order chi connectivity index (χ1) is 5.23. The number of hydrogen-bond donors (Lipinski definition) is 0. The summed E-state index contributed by atoms with van der Waals surface area (Å²) in [6.07, 6.45) is -1.89. The van der Waals surface area contributed by atoms with Gasteiger partial charge in [-0.15, -0.1) is 0 Å². The first kappa shape index (κ1) is 11.5. The van der Waals surface area contributed by atoms with Crippen molar-refractivity contribution in [3.8, 4) is 0 Å². The zero-order chi connectivity index (χ0) is 9.99. The van der Waals surface area contributed by atoms with Crippen molar-refractivity contribution in [3.05, 3.63) is 11.6 Å². The molecule has 0 N–H and O–H groups in total. The summed E-state index contributed by atoms with van der Waals surface area (Å²) in [7, 11) is 0. The molecule has 0 nitrogen and oxygen atoms in total. The van der Waals surface area contributed by atoms with E-state index in [2.05, 4.69) is 0 Å². The van der Waals surface area contributed by atoms with Gasteiger partial charge in [-0.25, -0.2) is 0 Å². The summed E-state index contributed by atoms with van der Waals surface area (Å²) in [5.41, 5.74) is -1.30. The van der Waals surface area contributed by atoms with E-state index in [0.29, 0.717) is 12.0 Å². The molecular weight excluding hydrogens is 165 g/mol. The van der Waals surface area contributed by atoms with Crippen LogP contribution in [0.15, 0.2) is 11.6 Å². The Morgan fingerprint density at radius 1 is 1.25 bits per heavy atom. The van der Waals surface area contributed by atoms with Crippen molar-refractivity contribution in [2.75, 3.05) is 0 Å². The zero-order valence-electron chi connectivity index (χ0n) is 7.92. The number of hydrogen-bond acceptors (Lipinski definition) is 0. The van der Waals surface area contributed by atoms with Crippen molar-refractivity contribution < 1.29 is 13.2 Å². The summed E-state index contributed by atoms with van der Waals surface area (Å²) in [5, 5.41) is 0.